The van der Waals surface area contributed by atoms with Crippen LogP contribution in [0.4, 0.5) is 0 Å². The van der Waals surface area contributed by atoms with Gasteiger partial charge in [-0.15, -0.1) is 11.3 Å². The van der Waals surface area contributed by atoms with Crippen LogP contribution in [0.15, 0.2) is 54.0 Å². The number of aryl methyl sites for hydroxylation is 1. The van der Waals surface area contributed by atoms with Crippen LogP contribution in [0.25, 0.3) is 10.7 Å². The summed E-state index contributed by atoms with van der Waals surface area (Å²) in [5.41, 5.74) is 4.47. The number of hydrogen-bond donors (Lipinski definition) is 0. The standard InChI is InChI=1S/C23H23N3OS/c27-22(14-17-15-28-23(25-17)20-9-3-4-13-24-20)26(18-11-12-18)21-10-5-7-16-6-1-2-8-19(16)21/h1-4,6,8-9,13,15,18,21H,5,7,10-12,14H2. The Kier molecular flexibility index (Phi) is 4.69. The lowest BCUT2D eigenvalue weighted by molar-refractivity contribution is -0.134. The van der Waals surface area contributed by atoms with Crippen molar-refractivity contribution in [2.75, 3.05) is 0 Å². The molecular formula is C23H23N3OS. The fourth-order valence-corrected chi connectivity index (χ4v) is 5.04. The molecule has 0 bridgehead atoms. The van der Waals surface area contributed by atoms with Crippen molar-refractivity contribution >= 4 is 17.2 Å². The zero-order valence-electron chi connectivity index (χ0n) is 15.8. The summed E-state index contributed by atoms with van der Waals surface area (Å²) < 4.78 is 0. The predicted molar refractivity (Wildman–Crippen MR) is 111 cm³/mol. The molecule has 0 radical (unpaired) electrons. The average molecular weight is 390 g/mol. The molecule has 5 rings (SSSR count). The fraction of sp³-hybridized carbons (Fsp3) is 0.348. The maximum atomic E-state index is 13.3. The quantitative estimate of drug-likeness (QED) is 0.629. The van der Waals surface area contributed by atoms with Crippen LogP contribution < -0.4 is 0 Å². The second-order valence-corrected chi connectivity index (χ2v) is 8.53. The van der Waals surface area contributed by atoms with Crippen molar-refractivity contribution < 1.29 is 4.79 Å². The number of carbonyl (C=O) groups excluding carboxylic acids is 1. The molecule has 1 amide bonds. The van der Waals surface area contributed by atoms with Gasteiger partial charge in [-0.2, -0.15) is 0 Å². The van der Waals surface area contributed by atoms with Crippen LogP contribution in [0.5, 0.6) is 0 Å². The van der Waals surface area contributed by atoms with Crippen molar-refractivity contribution in [3.05, 3.63) is 70.9 Å². The zero-order valence-corrected chi connectivity index (χ0v) is 16.6. The van der Waals surface area contributed by atoms with E-state index in [1.54, 1.807) is 17.5 Å². The number of nitrogens with zero attached hydrogens (tertiary/aromatic N) is 3. The van der Waals surface area contributed by atoms with Gasteiger partial charge in [-0.1, -0.05) is 30.3 Å². The first-order valence-electron chi connectivity index (χ1n) is 10.0. The Labute approximate surface area is 169 Å². The predicted octanol–water partition coefficient (Wildman–Crippen LogP) is 4.82. The number of hydrogen-bond acceptors (Lipinski definition) is 4. The van der Waals surface area contributed by atoms with E-state index in [0.29, 0.717) is 12.5 Å². The molecule has 28 heavy (non-hydrogen) atoms. The molecule has 2 aliphatic carbocycles. The van der Waals surface area contributed by atoms with Gasteiger partial charge in [0, 0.05) is 17.6 Å². The molecular weight excluding hydrogens is 366 g/mol. The number of carbonyl (C=O) groups is 1. The molecule has 0 spiro atoms. The number of aromatic nitrogens is 2. The number of thiazole rings is 1. The van der Waals surface area contributed by atoms with E-state index in [2.05, 4.69) is 39.1 Å². The second kappa shape index (κ2) is 7.47. The molecule has 1 saturated carbocycles. The SMILES string of the molecule is O=C(Cc1csc(-c2ccccn2)n1)N(C1CC1)C1CCCc2ccccc21. The number of pyridine rings is 1. The van der Waals surface area contributed by atoms with Gasteiger partial charge < -0.3 is 4.90 Å². The summed E-state index contributed by atoms with van der Waals surface area (Å²) in [5.74, 6) is 0.210. The Morgan fingerprint density at radius 3 is 2.79 bits per heavy atom. The maximum absolute atomic E-state index is 13.3. The summed E-state index contributed by atoms with van der Waals surface area (Å²) in [6.45, 7) is 0. The molecule has 2 aliphatic rings. The Hall–Kier alpha value is -2.53. The van der Waals surface area contributed by atoms with Gasteiger partial charge in [0.1, 0.15) is 5.01 Å². The molecule has 0 saturated heterocycles. The minimum Gasteiger partial charge on any atom is -0.332 e. The monoisotopic (exact) mass is 389 g/mol. The fourth-order valence-electron chi connectivity index (χ4n) is 4.24. The summed E-state index contributed by atoms with van der Waals surface area (Å²) in [6.07, 6.45) is 7.74. The van der Waals surface area contributed by atoms with Gasteiger partial charge in [0.15, 0.2) is 0 Å². The molecule has 0 N–H and O–H groups in total. The topological polar surface area (TPSA) is 46.1 Å². The van der Waals surface area contributed by atoms with Crippen LogP contribution in [0.3, 0.4) is 0 Å². The minimum absolute atomic E-state index is 0.210. The van der Waals surface area contributed by atoms with Crippen molar-refractivity contribution in [2.24, 2.45) is 0 Å². The number of fused-ring (bicyclic) bond motifs is 1. The van der Waals surface area contributed by atoms with Crippen molar-refractivity contribution in [1.29, 1.82) is 0 Å². The third-order valence-electron chi connectivity index (χ3n) is 5.67. The first kappa shape index (κ1) is 17.6. The van der Waals surface area contributed by atoms with E-state index >= 15 is 0 Å². The van der Waals surface area contributed by atoms with Crippen LogP contribution in [0.2, 0.25) is 0 Å². The largest absolute Gasteiger partial charge is 0.332 e. The average Bonchev–Trinajstić information content (AvgIpc) is 3.46. The summed E-state index contributed by atoms with van der Waals surface area (Å²) in [6, 6.07) is 15.1. The molecule has 1 unspecified atom stereocenters. The molecule has 142 valence electrons. The Balaban J connectivity index is 1.37. The highest BCUT2D eigenvalue weighted by Crippen LogP contribution is 2.41. The van der Waals surface area contributed by atoms with Crippen molar-refractivity contribution in [3.8, 4) is 10.7 Å². The summed E-state index contributed by atoms with van der Waals surface area (Å²) in [7, 11) is 0. The van der Waals surface area contributed by atoms with Gasteiger partial charge in [-0.25, -0.2) is 4.98 Å². The number of benzene rings is 1. The van der Waals surface area contributed by atoms with E-state index in [4.69, 9.17) is 0 Å². The van der Waals surface area contributed by atoms with Gasteiger partial charge >= 0.3 is 0 Å². The highest BCUT2D eigenvalue weighted by molar-refractivity contribution is 7.13. The Morgan fingerprint density at radius 2 is 1.96 bits per heavy atom. The molecule has 2 heterocycles. The zero-order chi connectivity index (χ0) is 18.9. The third kappa shape index (κ3) is 3.47. The van der Waals surface area contributed by atoms with Crippen LogP contribution >= 0.6 is 11.3 Å². The van der Waals surface area contributed by atoms with Gasteiger partial charge in [-0.05, 0) is 55.4 Å². The Bertz CT molecular complexity index is 980. The van der Waals surface area contributed by atoms with Crippen molar-refractivity contribution in [1.82, 2.24) is 14.9 Å². The lowest BCUT2D eigenvalue weighted by atomic mass is 9.86. The first-order chi connectivity index (χ1) is 13.8. The van der Waals surface area contributed by atoms with E-state index in [1.165, 1.54) is 11.1 Å². The van der Waals surface area contributed by atoms with Crippen LogP contribution in [0, 0.1) is 0 Å². The van der Waals surface area contributed by atoms with Gasteiger partial charge in [0.2, 0.25) is 5.91 Å². The van der Waals surface area contributed by atoms with Gasteiger partial charge in [0.05, 0.1) is 23.9 Å². The first-order valence-corrected chi connectivity index (χ1v) is 10.9. The van der Waals surface area contributed by atoms with Crippen LogP contribution in [-0.2, 0) is 17.6 Å². The van der Waals surface area contributed by atoms with Gasteiger partial charge in [-0.3, -0.25) is 9.78 Å². The molecule has 0 aliphatic heterocycles. The van der Waals surface area contributed by atoms with E-state index < -0.39 is 0 Å². The summed E-state index contributed by atoms with van der Waals surface area (Å²) in [5, 5.41) is 2.88. The van der Waals surface area contributed by atoms with E-state index in [-0.39, 0.29) is 11.9 Å². The second-order valence-electron chi connectivity index (χ2n) is 7.67. The van der Waals surface area contributed by atoms with Gasteiger partial charge in [0.25, 0.3) is 0 Å². The van der Waals surface area contributed by atoms with Crippen molar-refractivity contribution in [2.45, 2.75) is 50.6 Å². The third-order valence-corrected chi connectivity index (χ3v) is 6.58. The van der Waals surface area contributed by atoms with Crippen molar-refractivity contribution in [3.63, 3.8) is 0 Å². The number of amides is 1. The molecule has 1 aromatic carbocycles. The molecule has 2 aromatic heterocycles. The molecule has 5 heteroatoms. The smallest absolute Gasteiger partial charge is 0.229 e. The Morgan fingerprint density at radius 1 is 1.11 bits per heavy atom. The molecule has 4 nitrogen and oxygen atoms in total. The highest BCUT2D eigenvalue weighted by atomic mass is 32.1. The molecule has 1 fully saturated rings. The van der Waals surface area contributed by atoms with E-state index in [1.807, 2.05) is 23.6 Å². The lowest BCUT2D eigenvalue weighted by Gasteiger charge is -2.36. The summed E-state index contributed by atoms with van der Waals surface area (Å²) in [4.78, 5) is 24.5. The molecule has 3 aromatic rings. The highest BCUT2D eigenvalue weighted by Gasteiger charge is 2.39. The normalized spacial score (nSPS) is 18.5. The van der Waals surface area contributed by atoms with Crippen LogP contribution in [-0.4, -0.2) is 26.8 Å². The maximum Gasteiger partial charge on any atom is 0.229 e. The summed E-state index contributed by atoms with van der Waals surface area (Å²) >= 11 is 1.56. The number of rotatable bonds is 5. The lowest BCUT2D eigenvalue weighted by Crippen LogP contribution is -2.39. The van der Waals surface area contributed by atoms with E-state index in [9.17, 15) is 4.79 Å². The van der Waals surface area contributed by atoms with E-state index in [0.717, 1.165) is 48.5 Å². The van der Waals surface area contributed by atoms with Crippen LogP contribution in [0.1, 0.15) is 48.5 Å². The minimum atomic E-state index is 0.210. The molecule has 1 atom stereocenters.